The lowest BCUT2D eigenvalue weighted by Crippen LogP contribution is -2.35. The van der Waals surface area contributed by atoms with Crippen LogP contribution >= 0.6 is 0 Å². The van der Waals surface area contributed by atoms with Crippen molar-refractivity contribution in [2.75, 3.05) is 26.2 Å². The molecule has 1 amide bonds. The summed E-state index contributed by atoms with van der Waals surface area (Å²) >= 11 is 0. The predicted molar refractivity (Wildman–Crippen MR) is 83.4 cm³/mol. The number of carbonyl (C=O) groups is 1. The van der Waals surface area contributed by atoms with E-state index in [4.69, 9.17) is 4.52 Å². The summed E-state index contributed by atoms with van der Waals surface area (Å²) in [5, 5.41) is 4.01. The van der Waals surface area contributed by atoms with Crippen molar-refractivity contribution in [3.63, 3.8) is 0 Å². The van der Waals surface area contributed by atoms with Crippen molar-refractivity contribution in [2.45, 2.75) is 19.9 Å². The van der Waals surface area contributed by atoms with Gasteiger partial charge < -0.3 is 9.42 Å². The molecule has 2 aromatic rings. The Labute approximate surface area is 134 Å². The van der Waals surface area contributed by atoms with Crippen molar-refractivity contribution in [2.24, 2.45) is 0 Å². The van der Waals surface area contributed by atoms with E-state index in [1.807, 2.05) is 13.0 Å². The van der Waals surface area contributed by atoms with E-state index < -0.39 is 5.82 Å². The minimum absolute atomic E-state index is 0.146. The molecule has 1 saturated heterocycles. The first-order valence-corrected chi connectivity index (χ1v) is 7.82. The number of rotatable bonds is 3. The maximum atomic E-state index is 13.8. The van der Waals surface area contributed by atoms with Gasteiger partial charge in [0.25, 0.3) is 5.91 Å². The molecule has 1 aliphatic rings. The monoisotopic (exact) mass is 317 g/mol. The van der Waals surface area contributed by atoms with Crippen LogP contribution in [0.5, 0.6) is 0 Å². The standard InChI is InChI=1S/C17H20FN3O2/c1-13-11-14(19-23-13)12-20-7-4-8-21(10-9-20)17(22)15-5-2-3-6-16(15)18/h2-3,5-6,11H,4,7-10,12H2,1H3. The minimum Gasteiger partial charge on any atom is -0.361 e. The maximum Gasteiger partial charge on any atom is 0.256 e. The molecule has 0 N–H and O–H groups in total. The number of amides is 1. The van der Waals surface area contributed by atoms with Gasteiger partial charge in [0.05, 0.1) is 11.3 Å². The van der Waals surface area contributed by atoms with Crippen molar-refractivity contribution in [1.82, 2.24) is 15.0 Å². The molecule has 122 valence electrons. The summed E-state index contributed by atoms with van der Waals surface area (Å²) in [6, 6.07) is 8.07. The zero-order valence-electron chi connectivity index (χ0n) is 13.2. The van der Waals surface area contributed by atoms with Crippen LogP contribution in [0.25, 0.3) is 0 Å². The highest BCUT2D eigenvalue weighted by Crippen LogP contribution is 2.14. The lowest BCUT2D eigenvalue weighted by Gasteiger charge is -2.21. The van der Waals surface area contributed by atoms with E-state index in [0.29, 0.717) is 19.6 Å². The second kappa shape index (κ2) is 6.91. The lowest BCUT2D eigenvalue weighted by atomic mass is 10.2. The van der Waals surface area contributed by atoms with Crippen molar-refractivity contribution in [1.29, 1.82) is 0 Å². The van der Waals surface area contributed by atoms with Crippen LogP contribution in [0.2, 0.25) is 0 Å². The average Bonchev–Trinajstić information content (AvgIpc) is 2.81. The summed E-state index contributed by atoms with van der Waals surface area (Å²) in [7, 11) is 0. The quantitative estimate of drug-likeness (QED) is 0.872. The summed E-state index contributed by atoms with van der Waals surface area (Å²) in [4.78, 5) is 16.5. The second-order valence-electron chi connectivity index (χ2n) is 5.83. The van der Waals surface area contributed by atoms with Gasteiger partial charge in [-0.2, -0.15) is 0 Å². The summed E-state index contributed by atoms with van der Waals surface area (Å²) in [5.74, 6) is 0.102. The molecule has 23 heavy (non-hydrogen) atoms. The topological polar surface area (TPSA) is 49.6 Å². The van der Waals surface area contributed by atoms with Gasteiger partial charge in [-0.1, -0.05) is 17.3 Å². The molecule has 1 aliphatic heterocycles. The zero-order valence-corrected chi connectivity index (χ0v) is 13.2. The Morgan fingerprint density at radius 3 is 2.83 bits per heavy atom. The molecule has 1 fully saturated rings. The highest BCUT2D eigenvalue weighted by Gasteiger charge is 2.22. The minimum atomic E-state index is -0.461. The van der Waals surface area contributed by atoms with Crippen LogP contribution in [0.15, 0.2) is 34.9 Å². The van der Waals surface area contributed by atoms with E-state index in [1.54, 1.807) is 23.1 Å². The second-order valence-corrected chi connectivity index (χ2v) is 5.83. The van der Waals surface area contributed by atoms with Crippen LogP contribution in [0, 0.1) is 12.7 Å². The molecule has 0 unspecified atom stereocenters. The third kappa shape index (κ3) is 3.76. The van der Waals surface area contributed by atoms with Gasteiger partial charge in [0.15, 0.2) is 0 Å². The molecular weight excluding hydrogens is 297 g/mol. The van der Waals surface area contributed by atoms with Crippen LogP contribution in [0.4, 0.5) is 4.39 Å². The Morgan fingerprint density at radius 2 is 2.09 bits per heavy atom. The normalized spacial score (nSPS) is 16.3. The molecule has 0 radical (unpaired) electrons. The SMILES string of the molecule is Cc1cc(CN2CCCN(C(=O)c3ccccc3F)CC2)no1. The first kappa shape index (κ1) is 15.7. The molecule has 1 aromatic heterocycles. The van der Waals surface area contributed by atoms with Gasteiger partial charge in [0.2, 0.25) is 0 Å². The van der Waals surface area contributed by atoms with Crippen LogP contribution < -0.4 is 0 Å². The number of benzene rings is 1. The summed E-state index contributed by atoms with van der Waals surface area (Å²) in [5.41, 5.74) is 1.05. The molecule has 3 rings (SSSR count). The summed E-state index contributed by atoms with van der Waals surface area (Å²) < 4.78 is 18.9. The first-order chi connectivity index (χ1) is 11.1. The molecule has 0 saturated carbocycles. The molecular formula is C17H20FN3O2. The largest absolute Gasteiger partial charge is 0.361 e. The number of aryl methyl sites for hydroxylation is 1. The number of nitrogens with zero attached hydrogens (tertiary/aromatic N) is 3. The Kier molecular flexibility index (Phi) is 4.71. The van der Waals surface area contributed by atoms with Crippen molar-refractivity contribution < 1.29 is 13.7 Å². The van der Waals surface area contributed by atoms with E-state index in [0.717, 1.165) is 31.0 Å². The summed E-state index contributed by atoms with van der Waals surface area (Å²) in [6.45, 7) is 5.43. The van der Waals surface area contributed by atoms with Gasteiger partial charge in [-0.3, -0.25) is 9.69 Å². The number of aromatic nitrogens is 1. The Hall–Kier alpha value is -2.21. The van der Waals surface area contributed by atoms with E-state index in [2.05, 4.69) is 10.1 Å². The lowest BCUT2D eigenvalue weighted by molar-refractivity contribution is 0.0756. The third-order valence-corrected chi connectivity index (χ3v) is 4.04. The molecule has 2 heterocycles. The maximum absolute atomic E-state index is 13.8. The van der Waals surface area contributed by atoms with Crippen molar-refractivity contribution >= 4 is 5.91 Å². The van der Waals surface area contributed by atoms with Gasteiger partial charge in [-0.25, -0.2) is 4.39 Å². The van der Waals surface area contributed by atoms with Gasteiger partial charge in [0, 0.05) is 38.8 Å². The number of hydrogen-bond acceptors (Lipinski definition) is 4. The summed E-state index contributed by atoms with van der Waals surface area (Å²) in [6.07, 6.45) is 0.858. The zero-order chi connectivity index (χ0) is 16.2. The smallest absolute Gasteiger partial charge is 0.256 e. The predicted octanol–water partition coefficient (Wildman–Crippen LogP) is 2.47. The van der Waals surface area contributed by atoms with E-state index in [-0.39, 0.29) is 11.5 Å². The van der Waals surface area contributed by atoms with Crippen LogP contribution in [-0.2, 0) is 6.54 Å². The molecule has 0 bridgehead atoms. The fourth-order valence-electron chi connectivity index (χ4n) is 2.86. The fraction of sp³-hybridized carbons (Fsp3) is 0.412. The van der Waals surface area contributed by atoms with E-state index >= 15 is 0 Å². The number of carbonyl (C=O) groups excluding carboxylic acids is 1. The highest BCUT2D eigenvalue weighted by atomic mass is 19.1. The molecule has 0 aliphatic carbocycles. The van der Waals surface area contributed by atoms with E-state index in [9.17, 15) is 9.18 Å². The fourth-order valence-corrected chi connectivity index (χ4v) is 2.86. The molecule has 0 spiro atoms. The Bertz CT molecular complexity index is 686. The van der Waals surface area contributed by atoms with Crippen LogP contribution in [0.3, 0.4) is 0 Å². The first-order valence-electron chi connectivity index (χ1n) is 7.82. The van der Waals surface area contributed by atoms with Crippen molar-refractivity contribution in [3.8, 4) is 0 Å². The Balaban J connectivity index is 1.62. The Morgan fingerprint density at radius 1 is 1.26 bits per heavy atom. The molecule has 6 heteroatoms. The number of halogens is 1. The van der Waals surface area contributed by atoms with Crippen LogP contribution in [-0.4, -0.2) is 47.0 Å². The molecule has 1 aromatic carbocycles. The van der Waals surface area contributed by atoms with Gasteiger partial charge in [-0.15, -0.1) is 0 Å². The number of hydrogen-bond donors (Lipinski definition) is 0. The van der Waals surface area contributed by atoms with Crippen molar-refractivity contribution in [3.05, 3.63) is 53.2 Å². The van der Waals surface area contributed by atoms with Gasteiger partial charge >= 0.3 is 0 Å². The van der Waals surface area contributed by atoms with Gasteiger partial charge in [-0.05, 0) is 25.5 Å². The van der Waals surface area contributed by atoms with E-state index in [1.165, 1.54) is 6.07 Å². The molecule has 0 atom stereocenters. The highest BCUT2D eigenvalue weighted by molar-refractivity contribution is 5.94. The molecule has 5 nitrogen and oxygen atoms in total. The third-order valence-electron chi connectivity index (χ3n) is 4.04. The average molecular weight is 317 g/mol. The van der Waals surface area contributed by atoms with Gasteiger partial charge in [0.1, 0.15) is 11.6 Å². The van der Waals surface area contributed by atoms with Crippen LogP contribution in [0.1, 0.15) is 28.2 Å².